The first-order valence-corrected chi connectivity index (χ1v) is 10.9. The standard InChI is InChI=1S/C22H21FN6O2S/c1-14(2)28-13-24-21-25-18(11-20(30)29(21)28)12-32-19-8-6-16(7-9-19)26-22(31)27-17-5-3-4-15(23)10-17/h3-11,13-14H,12H2,1-2H3,(H2,26,27,31). The molecule has 2 heterocycles. The number of fused-ring (bicyclic) bond motifs is 1. The molecule has 0 saturated heterocycles. The predicted octanol–water partition coefficient (Wildman–Crippen LogP) is 4.55. The molecule has 4 aromatic rings. The molecule has 0 aliphatic heterocycles. The zero-order valence-electron chi connectivity index (χ0n) is 17.4. The van der Waals surface area contributed by atoms with E-state index in [4.69, 9.17) is 0 Å². The Kier molecular flexibility index (Phi) is 6.22. The number of carbonyl (C=O) groups excluding carboxylic acids is 1. The van der Waals surface area contributed by atoms with E-state index in [0.29, 0.717) is 28.6 Å². The van der Waals surface area contributed by atoms with E-state index in [0.717, 1.165) is 4.90 Å². The van der Waals surface area contributed by atoms with Crippen LogP contribution in [0.25, 0.3) is 5.78 Å². The van der Waals surface area contributed by atoms with Gasteiger partial charge in [0.2, 0.25) is 0 Å². The van der Waals surface area contributed by atoms with Gasteiger partial charge in [0.05, 0.1) is 5.69 Å². The summed E-state index contributed by atoms with van der Waals surface area (Å²) < 4.78 is 16.4. The lowest BCUT2D eigenvalue weighted by molar-refractivity contribution is 0.262. The summed E-state index contributed by atoms with van der Waals surface area (Å²) in [6.45, 7) is 3.95. The van der Waals surface area contributed by atoms with E-state index in [-0.39, 0.29) is 11.6 Å². The number of hydrogen-bond acceptors (Lipinski definition) is 5. The van der Waals surface area contributed by atoms with E-state index in [1.54, 1.807) is 29.2 Å². The van der Waals surface area contributed by atoms with E-state index in [9.17, 15) is 14.0 Å². The highest BCUT2D eigenvalue weighted by molar-refractivity contribution is 7.98. The zero-order valence-corrected chi connectivity index (χ0v) is 18.3. The van der Waals surface area contributed by atoms with Gasteiger partial charge in [0.1, 0.15) is 12.1 Å². The van der Waals surface area contributed by atoms with Crippen molar-refractivity contribution in [1.29, 1.82) is 0 Å². The van der Waals surface area contributed by atoms with Crippen LogP contribution in [0.5, 0.6) is 0 Å². The van der Waals surface area contributed by atoms with Crippen molar-refractivity contribution in [1.82, 2.24) is 19.2 Å². The molecule has 164 valence electrons. The number of nitrogens with one attached hydrogen (secondary N) is 2. The molecule has 4 rings (SSSR count). The maximum absolute atomic E-state index is 13.2. The Bertz CT molecular complexity index is 1320. The summed E-state index contributed by atoms with van der Waals surface area (Å²) in [5.41, 5.74) is 1.44. The highest BCUT2D eigenvalue weighted by atomic mass is 32.2. The Labute approximate surface area is 187 Å². The Balaban J connectivity index is 1.37. The summed E-state index contributed by atoms with van der Waals surface area (Å²) >= 11 is 1.52. The van der Waals surface area contributed by atoms with Gasteiger partial charge in [-0.2, -0.15) is 9.50 Å². The van der Waals surface area contributed by atoms with E-state index in [2.05, 4.69) is 20.6 Å². The molecule has 0 aliphatic carbocycles. The molecule has 0 spiro atoms. The summed E-state index contributed by atoms with van der Waals surface area (Å²) in [5.74, 6) is 0.465. The molecule has 0 aliphatic rings. The van der Waals surface area contributed by atoms with Crippen molar-refractivity contribution >= 4 is 34.9 Å². The van der Waals surface area contributed by atoms with E-state index in [1.807, 2.05) is 26.0 Å². The van der Waals surface area contributed by atoms with Gasteiger partial charge in [-0.1, -0.05) is 6.07 Å². The van der Waals surface area contributed by atoms with Crippen LogP contribution in [0.1, 0.15) is 25.6 Å². The molecule has 32 heavy (non-hydrogen) atoms. The van der Waals surface area contributed by atoms with Gasteiger partial charge < -0.3 is 10.6 Å². The minimum absolute atomic E-state index is 0.0998. The first-order chi connectivity index (χ1) is 15.4. The average molecular weight is 453 g/mol. The van der Waals surface area contributed by atoms with Crippen molar-refractivity contribution in [3.63, 3.8) is 0 Å². The Morgan fingerprint density at radius 1 is 1.09 bits per heavy atom. The molecular formula is C22H21FN6O2S. The second-order valence-corrected chi connectivity index (χ2v) is 8.37. The van der Waals surface area contributed by atoms with Gasteiger partial charge in [0.25, 0.3) is 11.3 Å². The lowest BCUT2D eigenvalue weighted by Crippen LogP contribution is -2.22. The molecular weight excluding hydrogens is 431 g/mol. The van der Waals surface area contributed by atoms with Gasteiger partial charge in [-0.25, -0.2) is 14.2 Å². The molecule has 2 aromatic carbocycles. The summed E-state index contributed by atoms with van der Waals surface area (Å²) in [4.78, 5) is 34.2. The molecule has 2 amide bonds. The molecule has 0 fully saturated rings. The summed E-state index contributed by atoms with van der Waals surface area (Å²) in [5, 5.41) is 5.28. The quantitative estimate of drug-likeness (QED) is 0.419. The lowest BCUT2D eigenvalue weighted by Gasteiger charge is -2.09. The van der Waals surface area contributed by atoms with Crippen LogP contribution in [0.15, 0.2) is 70.6 Å². The van der Waals surface area contributed by atoms with Crippen LogP contribution in [0.3, 0.4) is 0 Å². The van der Waals surface area contributed by atoms with Crippen molar-refractivity contribution in [3.8, 4) is 0 Å². The van der Waals surface area contributed by atoms with Gasteiger partial charge in [0.15, 0.2) is 0 Å². The Morgan fingerprint density at radius 2 is 1.84 bits per heavy atom. The smallest absolute Gasteiger partial charge is 0.308 e. The molecule has 0 bridgehead atoms. The van der Waals surface area contributed by atoms with Crippen molar-refractivity contribution in [3.05, 3.63) is 82.8 Å². The normalized spacial score (nSPS) is 11.1. The second-order valence-electron chi connectivity index (χ2n) is 7.32. The van der Waals surface area contributed by atoms with Crippen LogP contribution in [0.4, 0.5) is 20.6 Å². The minimum atomic E-state index is -0.463. The number of aromatic nitrogens is 4. The Morgan fingerprint density at radius 3 is 2.56 bits per heavy atom. The van der Waals surface area contributed by atoms with Crippen molar-refractivity contribution in [2.24, 2.45) is 0 Å². The molecule has 2 N–H and O–H groups in total. The number of thioether (sulfide) groups is 1. The van der Waals surface area contributed by atoms with Crippen molar-refractivity contribution in [2.45, 2.75) is 30.5 Å². The molecule has 0 saturated carbocycles. The van der Waals surface area contributed by atoms with Crippen molar-refractivity contribution in [2.75, 3.05) is 10.6 Å². The van der Waals surface area contributed by atoms with Gasteiger partial charge in [0, 0.05) is 34.1 Å². The fraction of sp³-hybridized carbons (Fsp3) is 0.182. The number of nitrogens with zero attached hydrogens (tertiary/aromatic N) is 4. The summed E-state index contributed by atoms with van der Waals surface area (Å²) in [6, 6.07) is 14.1. The molecule has 0 radical (unpaired) electrons. The highest BCUT2D eigenvalue weighted by Gasteiger charge is 2.10. The number of carbonyl (C=O) groups is 1. The average Bonchev–Trinajstić information content (AvgIpc) is 3.18. The first kappa shape index (κ1) is 21.6. The van der Waals surface area contributed by atoms with E-state index in [1.165, 1.54) is 40.5 Å². The molecule has 0 unspecified atom stereocenters. The number of halogens is 1. The maximum Gasteiger partial charge on any atom is 0.323 e. The number of amides is 2. The lowest BCUT2D eigenvalue weighted by atomic mass is 10.3. The third kappa shape index (κ3) is 4.97. The first-order valence-electron chi connectivity index (χ1n) is 9.91. The van der Waals surface area contributed by atoms with Gasteiger partial charge in [-0.15, -0.1) is 11.8 Å². The fourth-order valence-electron chi connectivity index (χ4n) is 3.06. The minimum Gasteiger partial charge on any atom is -0.308 e. The van der Waals surface area contributed by atoms with E-state index < -0.39 is 11.8 Å². The van der Waals surface area contributed by atoms with Gasteiger partial charge in [-0.05, 0) is 56.3 Å². The van der Waals surface area contributed by atoms with Gasteiger partial charge >= 0.3 is 6.03 Å². The summed E-state index contributed by atoms with van der Waals surface area (Å²) in [7, 11) is 0. The largest absolute Gasteiger partial charge is 0.323 e. The van der Waals surface area contributed by atoms with Gasteiger partial charge in [-0.3, -0.25) is 9.48 Å². The number of urea groups is 1. The molecule has 8 nitrogen and oxygen atoms in total. The number of benzene rings is 2. The van der Waals surface area contributed by atoms with Crippen LogP contribution in [0, 0.1) is 5.82 Å². The number of anilines is 2. The van der Waals surface area contributed by atoms with Crippen LogP contribution < -0.4 is 16.2 Å². The van der Waals surface area contributed by atoms with Crippen LogP contribution in [-0.4, -0.2) is 25.2 Å². The summed E-state index contributed by atoms with van der Waals surface area (Å²) in [6.07, 6.45) is 1.61. The van der Waals surface area contributed by atoms with Crippen LogP contribution in [-0.2, 0) is 5.75 Å². The molecule has 0 atom stereocenters. The third-order valence-electron chi connectivity index (χ3n) is 4.56. The molecule has 2 aromatic heterocycles. The zero-order chi connectivity index (χ0) is 22.7. The van der Waals surface area contributed by atoms with E-state index >= 15 is 0 Å². The predicted molar refractivity (Wildman–Crippen MR) is 123 cm³/mol. The molecule has 10 heteroatoms. The SMILES string of the molecule is CC(C)n1cnc2nc(CSc3ccc(NC(=O)Nc4cccc(F)c4)cc3)cc(=O)n21. The Hall–Kier alpha value is -3.66. The third-order valence-corrected chi connectivity index (χ3v) is 5.61. The van der Waals surface area contributed by atoms with Crippen molar-refractivity contribution < 1.29 is 9.18 Å². The topological polar surface area (TPSA) is 93.3 Å². The second kappa shape index (κ2) is 9.23. The number of hydrogen-bond donors (Lipinski definition) is 2. The van der Waals surface area contributed by atoms with Crippen LogP contribution >= 0.6 is 11.8 Å². The number of rotatable bonds is 6. The fourth-order valence-corrected chi connectivity index (χ4v) is 3.85. The van der Waals surface area contributed by atoms with Crippen LogP contribution in [0.2, 0.25) is 0 Å². The highest BCUT2D eigenvalue weighted by Crippen LogP contribution is 2.23. The monoisotopic (exact) mass is 452 g/mol. The maximum atomic E-state index is 13.2.